The summed E-state index contributed by atoms with van der Waals surface area (Å²) in [5.74, 6) is 5.21. The summed E-state index contributed by atoms with van der Waals surface area (Å²) in [6.07, 6.45) is -0.0910. The van der Waals surface area contributed by atoms with Gasteiger partial charge in [-0.2, -0.15) is 0 Å². The van der Waals surface area contributed by atoms with Crippen LogP contribution in [0.5, 0.6) is 0 Å². The molecule has 0 saturated heterocycles. The molecule has 0 aliphatic rings. The highest BCUT2D eigenvalue weighted by Gasteiger charge is 2.15. The number of carbonyl (C=O) groups is 1. The SMILES string of the molecule is CC(C)(C)OC(=O)NCCC#Cc1cc(F)ccc1CO. The Labute approximate surface area is 124 Å². The number of aliphatic hydroxyl groups is 1. The number of carbonyl (C=O) groups excluding carboxylic acids is 1. The van der Waals surface area contributed by atoms with Crippen molar-refractivity contribution in [3.8, 4) is 11.8 Å². The van der Waals surface area contributed by atoms with Gasteiger partial charge in [0.15, 0.2) is 0 Å². The van der Waals surface area contributed by atoms with E-state index in [2.05, 4.69) is 17.2 Å². The van der Waals surface area contributed by atoms with Crippen molar-refractivity contribution in [2.45, 2.75) is 39.4 Å². The fourth-order valence-corrected chi connectivity index (χ4v) is 1.50. The maximum Gasteiger partial charge on any atom is 0.407 e. The van der Waals surface area contributed by atoms with E-state index in [1.54, 1.807) is 20.8 Å². The molecule has 0 saturated carbocycles. The van der Waals surface area contributed by atoms with Gasteiger partial charge < -0.3 is 15.2 Å². The molecule has 0 radical (unpaired) electrons. The number of benzene rings is 1. The van der Waals surface area contributed by atoms with Crippen molar-refractivity contribution < 1.29 is 19.0 Å². The van der Waals surface area contributed by atoms with Crippen LogP contribution in [0.4, 0.5) is 9.18 Å². The summed E-state index contributed by atoms with van der Waals surface area (Å²) in [4.78, 5) is 11.4. The van der Waals surface area contributed by atoms with Crippen molar-refractivity contribution in [3.63, 3.8) is 0 Å². The minimum atomic E-state index is -0.534. The van der Waals surface area contributed by atoms with Crippen molar-refractivity contribution >= 4 is 6.09 Å². The quantitative estimate of drug-likeness (QED) is 0.665. The summed E-state index contributed by atoms with van der Waals surface area (Å²) in [5.41, 5.74) is 0.492. The highest BCUT2D eigenvalue weighted by molar-refractivity contribution is 5.67. The minimum absolute atomic E-state index is 0.194. The molecule has 0 unspecified atom stereocenters. The number of hydrogen-bond acceptors (Lipinski definition) is 3. The molecule has 21 heavy (non-hydrogen) atoms. The predicted octanol–water partition coefficient (Wildman–Crippen LogP) is 2.58. The molecule has 0 atom stereocenters. The van der Waals surface area contributed by atoms with Crippen LogP contribution in [-0.4, -0.2) is 23.3 Å². The van der Waals surface area contributed by atoms with Gasteiger partial charge in [0.1, 0.15) is 11.4 Å². The van der Waals surface area contributed by atoms with Crippen molar-refractivity contribution in [2.75, 3.05) is 6.54 Å². The number of nitrogens with one attached hydrogen (secondary N) is 1. The number of halogens is 1. The molecule has 0 aliphatic heterocycles. The average molecular weight is 293 g/mol. The van der Waals surface area contributed by atoms with Crippen molar-refractivity contribution in [1.82, 2.24) is 5.32 Å². The summed E-state index contributed by atoms with van der Waals surface area (Å²) in [7, 11) is 0. The zero-order chi connectivity index (χ0) is 15.9. The highest BCUT2D eigenvalue weighted by atomic mass is 19.1. The van der Waals surface area contributed by atoms with Gasteiger partial charge in [0.2, 0.25) is 0 Å². The average Bonchev–Trinajstić information content (AvgIpc) is 2.36. The predicted molar refractivity (Wildman–Crippen MR) is 78.1 cm³/mol. The molecule has 0 fully saturated rings. The largest absolute Gasteiger partial charge is 0.444 e. The van der Waals surface area contributed by atoms with E-state index in [1.807, 2.05) is 0 Å². The van der Waals surface area contributed by atoms with E-state index in [0.29, 0.717) is 24.1 Å². The fourth-order valence-electron chi connectivity index (χ4n) is 1.50. The first kappa shape index (κ1) is 17.0. The second-order valence-electron chi connectivity index (χ2n) is 5.44. The summed E-state index contributed by atoms with van der Waals surface area (Å²) in [6, 6.07) is 4.05. The van der Waals surface area contributed by atoms with Crippen LogP contribution >= 0.6 is 0 Å². The van der Waals surface area contributed by atoms with E-state index >= 15 is 0 Å². The lowest BCUT2D eigenvalue weighted by Crippen LogP contribution is -2.32. The Morgan fingerprint density at radius 2 is 2.14 bits per heavy atom. The van der Waals surface area contributed by atoms with Crippen LogP contribution < -0.4 is 5.32 Å². The van der Waals surface area contributed by atoms with Crippen LogP contribution in [0.1, 0.15) is 38.3 Å². The first-order valence-electron chi connectivity index (χ1n) is 6.67. The van der Waals surface area contributed by atoms with Crippen LogP contribution in [0.3, 0.4) is 0 Å². The molecule has 0 aliphatic carbocycles. The van der Waals surface area contributed by atoms with Crippen LogP contribution in [0, 0.1) is 17.7 Å². The Hall–Kier alpha value is -2.06. The van der Waals surface area contributed by atoms with E-state index in [4.69, 9.17) is 9.84 Å². The third-order valence-electron chi connectivity index (χ3n) is 2.38. The highest BCUT2D eigenvalue weighted by Crippen LogP contribution is 2.10. The van der Waals surface area contributed by atoms with Crippen molar-refractivity contribution in [2.24, 2.45) is 0 Å². The van der Waals surface area contributed by atoms with Gasteiger partial charge in [-0.05, 0) is 38.5 Å². The molecule has 5 heteroatoms. The van der Waals surface area contributed by atoms with E-state index in [-0.39, 0.29) is 6.61 Å². The summed E-state index contributed by atoms with van der Waals surface area (Å²) < 4.78 is 18.2. The van der Waals surface area contributed by atoms with E-state index in [0.717, 1.165) is 0 Å². The van der Waals surface area contributed by atoms with E-state index in [1.165, 1.54) is 18.2 Å². The standard InChI is InChI=1S/C16H20FNO3/c1-16(2,3)21-15(20)18-9-5-4-6-12-10-14(17)8-7-13(12)11-19/h7-8,10,19H,5,9,11H2,1-3H3,(H,18,20). The normalized spacial score (nSPS) is 10.5. The molecule has 1 aromatic rings. The first-order valence-corrected chi connectivity index (χ1v) is 6.67. The van der Waals surface area contributed by atoms with Crippen molar-refractivity contribution in [3.05, 3.63) is 35.1 Å². The Morgan fingerprint density at radius 1 is 1.43 bits per heavy atom. The van der Waals surface area contributed by atoms with Gasteiger partial charge in [0, 0.05) is 18.5 Å². The molecule has 1 rings (SSSR count). The molecular weight excluding hydrogens is 273 g/mol. The van der Waals surface area contributed by atoms with Gasteiger partial charge in [0.05, 0.1) is 6.61 Å². The van der Waals surface area contributed by atoms with Gasteiger partial charge in [0.25, 0.3) is 0 Å². The topological polar surface area (TPSA) is 58.6 Å². The lowest BCUT2D eigenvalue weighted by Gasteiger charge is -2.19. The molecular formula is C16H20FNO3. The Bertz CT molecular complexity index is 553. The third kappa shape index (κ3) is 6.77. The van der Waals surface area contributed by atoms with Gasteiger partial charge in [-0.1, -0.05) is 17.9 Å². The van der Waals surface area contributed by atoms with Crippen LogP contribution in [0.25, 0.3) is 0 Å². The molecule has 0 aromatic heterocycles. The summed E-state index contributed by atoms with van der Waals surface area (Å²) in [6.45, 7) is 5.50. The smallest absolute Gasteiger partial charge is 0.407 e. The number of rotatable bonds is 3. The Morgan fingerprint density at radius 3 is 2.76 bits per heavy atom. The van der Waals surface area contributed by atoms with Crippen LogP contribution in [0.15, 0.2) is 18.2 Å². The van der Waals surface area contributed by atoms with Gasteiger partial charge in [-0.3, -0.25) is 0 Å². The summed E-state index contributed by atoms with van der Waals surface area (Å²) in [5, 5.41) is 11.7. The first-order chi connectivity index (χ1) is 9.81. The van der Waals surface area contributed by atoms with Crippen molar-refractivity contribution in [1.29, 1.82) is 0 Å². The van der Waals surface area contributed by atoms with Crippen LogP contribution in [-0.2, 0) is 11.3 Å². The molecule has 1 aromatic carbocycles. The molecule has 0 spiro atoms. The Kier molecular flexibility index (Phi) is 6.19. The van der Waals surface area contributed by atoms with Gasteiger partial charge in [-0.25, -0.2) is 9.18 Å². The number of amides is 1. The fraction of sp³-hybridized carbons (Fsp3) is 0.438. The Balaban J connectivity index is 2.47. The molecule has 0 bridgehead atoms. The molecule has 2 N–H and O–H groups in total. The molecule has 4 nitrogen and oxygen atoms in total. The van der Waals surface area contributed by atoms with Gasteiger partial charge in [-0.15, -0.1) is 0 Å². The second kappa shape index (κ2) is 7.65. The maximum atomic E-state index is 13.1. The summed E-state index contributed by atoms with van der Waals surface area (Å²) >= 11 is 0. The van der Waals surface area contributed by atoms with Gasteiger partial charge >= 0.3 is 6.09 Å². The molecule has 1 amide bonds. The molecule has 0 heterocycles. The maximum absolute atomic E-state index is 13.1. The monoisotopic (exact) mass is 293 g/mol. The number of ether oxygens (including phenoxy) is 1. The molecule has 114 valence electrons. The number of hydrogen-bond donors (Lipinski definition) is 2. The van der Waals surface area contributed by atoms with Crippen LogP contribution in [0.2, 0.25) is 0 Å². The zero-order valence-corrected chi connectivity index (χ0v) is 12.5. The van der Waals surface area contributed by atoms with E-state index in [9.17, 15) is 9.18 Å². The minimum Gasteiger partial charge on any atom is -0.444 e. The zero-order valence-electron chi connectivity index (χ0n) is 12.5. The lowest BCUT2D eigenvalue weighted by atomic mass is 10.1. The third-order valence-corrected chi connectivity index (χ3v) is 2.38. The van der Waals surface area contributed by atoms with E-state index < -0.39 is 17.5 Å². The number of aliphatic hydroxyl groups excluding tert-OH is 1. The lowest BCUT2D eigenvalue weighted by molar-refractivity contribution is 0.0529. The second-order valence-corrected chi connectivity index (χ2v) is 5.44. The number of alkyl carbamates (subject to hydrolysis) is 1.